The van der Waals surface area contributed by atoms with Gasteiger partial charge in [-0.1, -0.05) is 76.2 Å². The quantitative estimate of drug-likeness (QED) is 0.313. The first-order valence-corrected chi connectivity index (χ1v) is 12.0. The number of rotatable bonds is 6. The molecule has 1 aliphatic rings. The van der Waals surface area contributed by atoms with Gasteiger partial charge in [0.25, 0.3) is 11.8 Å². The topological polar surface area (TPSA) is 58.6 Å². The van der Waals surface area contributed by atoms with Crippen LogP contribution < -0.4 is 10.2 Å². The number of thiocarbonyl (C=S) groups is 1. The molecule has 0 atom stereocenters. The number of amides is 2. The fourth-order valence-corrected chi connectivity index (χ4v) is 4.74. The number of ether oxygens (including phenoxy) is 1. The van der Waals surface area contributed by atoms with E-state index in [-0.39, 0.29) is 16.1 Å². The second-order valence-electron chi connectivity index (χ2n) is 7.23. The number of aryl methyl sites for hydroxylation is 1. The van der Waals surface area contributed by atoms with E-state index in [9.17, 15) is 9.59 Å². The first-order valence-electron chi connectivity index (χ1n) is 10.0. The van der Waals surface area contributed by atoms with Crippen LogP contribution in [0.1, 0.15) is 27.0 Å². The Kier molecular flexibility index (Phi) is 7.27. The molecule has 0 aromatic heterocycles. The highest BCUT2D eigenvalue weighted by Gasteiger charge is 2.34. The molecule has 0 bridgehead atoms. The van der Waals surface area contributed by atoms with E-state index in [1.165, 1.54) is 0 Å². The molecular formula is C25H19BrN2O3S2. The normalized spacial score (nSPS) is 14.6. The number of nitrogens with one attached hydrogen (secondary N) is 1. The maximum Gasteiger partial charge on any atom is 0.285 e. The highest BCUT2D eigenvalue weighted by atomic mass is 79.9. The Morgan fingerprint density at radius 3 is 2.61 bits per heavy atom. The SMILES string of the molecule is Cc1ccccc1C(=O)NN1C(=O)/C(=C/c2cc(Br)ccc2OCc2ccccc2)SC1=S. The summed E-state index contributed by atoms with van der Waals surface area (Å²) in [7, 11) is 0. The van der Waals surface area contributed by atoms with Gasteiger partial charge in [-0.05, 0) is 60.6 Å². The highest BCUT2D eigenvalue weighted by Crippen LogP contribution is 2.34. The van der Waals surface area contributed by atoms with Gasteiger partial charge in [-0.25, -0.2) is 0 Å². The van der Waals surface area contributed by atoms with Gasteiger partial charge >= 0.3 is 0 Å². The van der Waals surface area contributed by atoms with Gasteiger partial charge in [-0.15, -0.1) is 0 Å². The number of halogens is 1. The first-order chi connectivity index (χ1) is 15.9. The average Bonchev–Trinajstić information content (AvgIpc) is 3.07. The molecule has 0 unspecified atom stereocenters. The van der Waals surface area contributed by atoms with Crippen molar-refractivity contribution in [2.24, 2.45) is 0 Å². The number of benzene rings is 3. The fourth-order valence-electron chi connectivity index (χ4n) is 3.19. The van der Waals surface area contributed by atoms with Gasteiger partial charge in [0, 0.05) is 15.6 Å². The third kappa shape index (κ3) is 5.52. The number of hydrogen-bond donors (Lipinski definition) is 1. The minimum Gasteiger partial charge on any atom is -0.488 e. The summed E-state index contributed by atoms with van der Waals surface area (Å²) in [5.74, 6) is -0.142. The van der Waals surface area contributed by atoms with Crippen LogP contribution in [0.15, 0.2) is 82.2 Å². The molecule has 3 aromatic rings. The Labute approximate surface area is 209 Å². The zero-order chi connectivity index (χ0) is 23.4. The lowest BCUT2D eigenvalue weighted by Crippen LogP contribution is -2.45. The molecule has 0 radical (unpaired) electrons. The van der Waals surface area contributed by atoms with Gasteiger partial charge < -0.3 is 4.74 Å². The minimum absolute atomic E-state index is 0.259. The Hall–Kier alpha value is -2.94. The number of hydrazine groups is 1. The van der Waals surface area contributed by atoms with E-state index in [1.807, 2.05) is 67.6 Å². The van der Waals surface area contributed by atoms with Crippen LogP contribution in [0.3, 0.4) is 0 Å². The summed E-state index contributed by atoms with van der Waals surface area (Å²) in [5.41, 5.74) is 5.69. The molecule has 1 N–H and O–H groups in total. The summed E-state index contributed by atoms with van der Waals surface area (Å²) in [4.78, 5) is 26.1. The predicted molar refractivity (Wildman–Crippen MR) is 139 cm³/mol. The summed E-state index contributed by atoms with van der Waals surface area (Å²) in [6.07, 6.45) is 1.73. The van der Waals surface area contributed by atoms with E-state index in [1.54, 1.807) is 18.2 Å². The highest BCUT2D eigenvalue weighted by molar-refractivity contribution is 9.10. The van der Waals surface area contributed by atoms with E-state index in [0.29, 0.717) is 22.8 Å². The first kappa shape index (κ1) is 23.2. The Morgan fingerprint density at radius 1 is 1.12 bits per heavy atom. The van der Waals surface area contributed by atoms with E-state index in [2.05, 4.69) is 21.4 Å². The molecule has 33 heavy (non-hydrogen) atoms. The van der Waals surface area contributed by atoms with Crippen molar-refractivity contribution in [2.75, 3.05) is 0 Å². The Morgan fingerprint density at radius 2 is 1.85 bits per heavy atom. The lowest BCUT2D eigenvalue weighted by Gasteiger charge is -2.16. The van der Waals surface area contributed by atoms with Gasteiger partial charge in [-0.3, -0.25) is 15.0 Å². The van der Waals surface area contributed by atoms with Crippen LogP contribution in [0.4, 0.5) is 0 Å². The third-order valence-electron chi connectivity index (χ3n) is 4.89. The number of thioether (sulfide) groups is 1. The molecule has 8 heteroatoms. The molecule has 0 spiro atoms. The van der Waals surface area contributed by atoms with Crippen molar-refractivity contribution in [3.05, 3.63) is 104 Å². The zero-order valence-corrected chi connectivity index (χ0v) is 20.8. The lowest BCUT2D eigenvalue weighted by atomic mass is 10.1. The molecule has 3 aromatic carbocycles. The third-order valence-corrected chi connectivity index (χ3v) is 6.69. The van der Waals surface area contributed by atoms with Gasteiger partial charge in [0.15, 0.2) is 4.32 Å². The van der Waals surface area contributed by atoms with E-state index in [0.717, 1.165) is 37.9 Å². The molecule has 0 aliphatic carbocycles. The van der Waals surface area contributed by atoms with Gasteiger partial charge in [0.2, 0.25) is 0 Å². The summed E-state index contributed by atoms with van der Waals surface area (Å²) >= 11 is 9.96. The van der Waals surface area contributed by atoms with Crippen molar-refractivity contribution in [3.63, 3.8) is 0 Å². The van der Waals surface area contributed by atoms with Gasteiger partial charge in [0.1, 0.15) is 12.4 Å². The van der Waals surface area contributed by atoms with Crippen LogP contribution in [0.5, 0.6) is 5.75 Å². The number of hydrogen-bond acceptors (Lipinski definition) is 5. The van der Waals surface area contributed by atoms with Crippen LogP contribution in [0.2, 0.25) is 0 Å². The molecule has 1 heterocycles. The van der Waals surface area contributed by atoms with Crippen LogP contribution >= 0.6 is 39.9 Å². The monoisotopic (exact) mass is 538 g/mol. The summed E-state index contributed by atoms with van der Waals surface area (Å²) in [6.45, 7) is 2.24. The van der Waals surface area contributed by atoms with Crippen LogP contribution in [0.25, 0.3) is 6.08 Å². The largest absolute Gasteiger partial charge is 0.488 e. The maximum atomic E-state index is 13.0. The Balaban J connectivity index is 1.54. The number of nitrogens with zero attached hydrogens (tertiary/aromatic N) is 1. The fraction of sp³-hybridized carbons (Fsp3) is 0.0800. The minimum atomic E-state index is -0.389. The molecule has 166 valence electrons. The summed E-state index contributed by atoms with van der Waals surface area (Å²) in [6, 6.07) is 22.6. The second kappa shape index (κ2) is 10.3. The zero-order valence-electron chi connectivity index (χ0n) is 17.6. The van der Waals surface area contributed by atoms with E-state index in [4.69, 9.17) is 17.0 Å². The van der Waals surface area contributed by atoms with Gasteiger partial charge in [-0.2, -0.15) is 5.01 Å². The smallest absolute Gasteiger partial charge is 0.285 e. The number of carbonyl (C=O) groups is 2. The molecule has 2 amide bonds. The van der Waals surface area contributed by atoms with E-state index >= 15 is 0 Å². The molecule has 4 rings (SSSR count). The van der Waals surface area contributed by atoms with Crippen molar-refractivity contribution in [1.82, 2.24) is 10.4 Å². The van der Waals surface area contributed by atoms with E-state index < -0.39 is 0 Å². The van der Waals surface area contributed by atoms with Crippen LogP contribution in [-0.2, 0) is 11.4 Å². The van der Waals surface area contributed by atoms with Crippen molar-refractivity contribution in [2.45, 2.75) is 13.5 Å². The Bertz CT molecular complexity index is 1260. The average molecular weight is 539 g/mol. The standard InChI is InChI=1S/C25H19BrN2O3S2/c1-16-7-5-6-10-20(16)23(29)27-28-24(30)22(33-25(28)32)14-18-13-19(26)11-12-21(18)31-15-17-8-3-2-4-9-17/h2-14H,15H2,1H3,(H,27,29)/b22-14-. The predicted octanol–water partition coefficient (Wildman–Crippen LogP) is 5.88. The molecule has 0 saturated carbocycles. The van der Waals surface area contributed by atoms with Gasteiger partial charge in [0.05, 0.1) is 4.91 Å². The number of carbonyl (C=O) groups excluding carboxylic acids is 2. The molecular weight excluding hydrogens is 520 g/mol. The van der Waals surface area contributed by atoms with Crippen molar-refractivity contribution < 1.29 is 14.3 Å². The van der Waals surface area contributed by atoms with Crippen LogP contribution in [-0.4, -0.2) is 21.1 Å². The van der Waals surface area contributed by atoms with Crippen molar-refractivity contribution >= 4 is 62.1 Å². The van der Waals surface area contributed by atoms with Crippen molar-refractivity contribution in [3.8, 4) is 5.75 Å². The molecule has 1 saturated heterocycles. The van der Waals surface area contributed by atoms with Crippen LogP contribution in [0, 0.1) is 6.92 Å². The summed E-state index contributed by atoms with van der Waals surface area (Å²) < 4.78 is 7.12. The summed E-state index contributed by atoms with van der Waals surface area (Å²) in [5, 5.41) is 1.11. The molecule has 1 fully saturated rings. The maximum absolute atomic E-state index is 13.0. The molecule has 1 aliphatic heterocycles. The second-order valence-corrected chi connectivity index (χ2v) is 9.82. The lowest BCUT2D eigenvalue weighted by molar-refractivity contribution is -0.123. The molecule has 5 nitrogen and oxygen atoms in total. The van der Waals surface area contributed by atoms with Crippen molar-refractivity contribution in [1.29, 1.82) is 0 Å².